The molecule has 1 atom stereocenters. The van der Waals surface area contributed by atoms with Gasteiger partial charge in [-0.25, -0.2) is 9.97 Å². The molecule has 2 aromatic heterocycles. The van der Waals surface area contributed by atoms with Crippen LogP contribution in [0.4, 0.5) is 11.4 Å². The molecule has 0 bridgehead atoms. The molecule has 4 aromatic rings. The minimum Gasteiger partial charge on any atom is -0.395 e. The predicted molar refractivity (Wildman–Crippen MR) is 181 cm³/mol. The average molecular weight is 661 g/mol. The first-order valence-corrected chi connectivity index (χ1v) is 16.3. The van der Waals surface area contributed by atoms with Crippen LogP contribution in [0.25, 0.3) is 11.1 Å². The van der Waals surface area contributed by atoms with Crippen molar-refractivity contribution in [3.8, 4) is 11.1 Å². The zero-order valence-electron chi connectivity index (χ0n) is 27.2. The fourth-order valence-electron chi connectivity index (χ4n) is 6.69. The van der Waals surface area contributed by atoms with Crippen molar-refractivity contribution in [3.63, 3.8) is 0 Å². The highest BCUT2D eigenvalue weighted by atomic mass is 35.5. The first kappa shape index (κ1) is 32.9. The van der Waals surface area contributed by atoms with Crippen LogP contribution in [0.15, 0.2) is 36.4 Å². The topological polar surface area (TPSA) is 141 Å². The minimum atomic E-state index is -0.431. The summed E-state index contributed by atoms with van der Waals surface area (Å²) in [6.07, 6.45) is 1.07. The number of anilines is 2. The Hall–Kier alpha value is -4.07. The van der Waals surface area contributed by atoms with E-state index in [9.17, 15) is 19.8 Å². The molecular weight excluding hydrogens is 620 g/mol. The maximum absolute atomic E-state index is 13.5. The molecule has 0 fully saturated rings. The van der Waals surface area contributed by atoms with Crippen molar-refractivity contribution in [2.45, 2.75) is 45.9 Å². The van der Waals surface area contributed by atoms with Crippen molar-refractivity contribution in [1.82, 2.24) is 28.9 Å². The van der Waals surface area contributed by atoms with Crippen molar-refractivity contribution in [2.24, 2.45) is 14.1 Å². The summed E-state index contributed by atoms with van der Waals surface area (Å²) in [6.45, 7) is 7.68. The number of β-amino-alcohol motifs (C(OH)–C–C–N with tert-alkyl or cyclic N) is 2. The van der Waals surface area contributed by atoms with Crippen molar-refractivity contribution < 1.29 is 19.8 Å². The number of rotatable bonds is 9. The van der Waals surface area contributed by atoms with Crippen LogP contribution in [0.3, 0.4) is 0 Å². The first-order chi connectivity index (χ1) is 22.5. The monoisotopic (exact) mass is 660 g/mol. The van der Waals surface area contributed by atoms with E-state index in [1.54, 1.807) is 13.0 Å². The van der Waals surface area contributed by atoms with E-state index in [-0.39, 0.29) is 18.4 Å². The number of halogens is 1. The number of aromatic nitrogens is 4. The molecule has 0 aliphatic carbocycles. The van der Waals surface area contributed by atoms with Gasteiger partial charge in [-0.15, -0.1) is 0 Å². The normalized spacial score (nSPS) is 15.6. The first-order valence-electron chi connectivity index (χ1n) is 15.9. The molecular formula is C34H41ClN8O4. The quantitative estimate of drug-likeness (QED) is 0.214. The second-order valence-corrected chi connectivity index (χ2v) is 12.8. The molecule has 12 nitrogen and oxygen atoms in total. The number of aliphatic hydroxyl groups excluding tert-OH is 2. The van der Waals surface area contributed by atoms with Gasteiger partial charge in [-0.2, -0.15) is 0 Å². The highest BCUT2D eigenvalue weighted by Gasteiger charge is 2.28. The summed E-state index contributed by atoms with van der Waals surface area (Å²) in [5.74, 6) is -0.0407. The zero-order chi connectivity index (χ0) is 33.4. The summed E-state index contributed by atoms with van der Waals surface area (Å²) in [6, 6.07) is 11.1. The lowest BCUT2D eigenvalue weighted by Crippen LogP contribution is -2.36. The number of fused-ring (bicyclic) bond motifs is 2. The van der Waals surface area contributed by atoms with E-state index in [2.05, 4.69) is 30.4 Å². The van der Waals surface area contributed by atoms with Crippen LogP contribution < -0.4 is 10.6 Å². The van der Waals surface area contributed by atoms with E-state index in [1.807, 2.05) is 60.5 Å². The summed E-state index contributed by atoms with van der Waals surface area (Å²) >= 11 is 6.92. The van der Waals surface area contributed by atoms with Gasteiger partial charge in [-0.05, 0) is 37.1 Å². The van der Waals surface area contributed by atoms with Gasteiger partial charge < -0.3 is 30.0 Å². The van der Waals surface area contributed by atoms with Crippen molar-refractivity contribution >= 4 is 34.8 Å². The third-order valence-electron chi connectivity index (χ3n) is 9.13. The largest absolute Gasteiger partial charge is 0.395 e. The van der Waals surface area contributed by atoms with Crippen molar-refractivity contribution in [1.29, 1.82) is 0 Å². The van der Waals surface area contributed by atoms with Crippen LogP contribution >= 0.6 is 11.6 Å². The lowest BCUT2D eigenvalue weighted by atomic mass is 9.98. The SMILES string of the molecule is Cc1c(NC(=O)c2nc3c(n2C)CCN(C[C@H](C)O)C3)cccc1-c1cccc(NC(=O)c2nc3c(n2C)CCN(CCO)C3)c1Cl. The maximum Gasteiger partial charge on any atom is 0.291 e. The third-order valence-corrected chi connectivity index (χ3v) is 9.54. The average Bonchev–Trinajstić information content (AvgIpc) is 3.55. The van der Waals surface area contributed by atoms with Gasteiger partial charge >= 0.3 is 0 Å². The third kappa shape index (κ3) is 6.56. The van der Waals surface area contributed by atoms with Gasteiger partial charge in [0.05, 0.1) is 34.8 Å². The Morgan fingerprint density at radius 1 is 0.872 bits per heavy atom. The summed E-state index contributed by atoms with van der Waals surface area (Å²) in [4.78, 5) is 40.5. The van der Waals surface area contributed by atoms with Crippen LogP contribution in [0.2, 0.25) is 5.02 Å². The molecule has 0 saturated carbocycles. The molecule has 6 rings (SSSR count). The highest BCUT2D eigenvalue weighted by molar-refractivity contribution is 6.36. The van der Waals surface area contributed by atoms with E-state index >= 15 is 0 Å². The summed E-state index contributed by atoms with van der Waals surface area (Å²) in [5, 5.41) is 25.5. The van der Waals surface area contributed by atoms with Crippen LogP contribution in [-0.4, -0.2) is 89.8 Å². The Bertz CT molecular complexity index is 1830. The summed E-state index contributed by atoms with van der Waals surface area (Å²) < 4.78 is 3.69. The molecule has 0 unspecified atom stereocenters. The molecule has 47 heavy (non-hydrogen) atoms. The molecule has 13 heteroatoms. The van der Waals surface area contributed by atoms with Crippen molar-refractivity contribution in [3.05, 3.63) is 81.4 Å². The molecule has 0 saturated heterocycles. The van der Waals surface area contributed by atoms with E-state index in [0.717, 1.165) is 59.8 Å². The number of benzene rings is 2. The molecule has 0 radical (unpaired) electrons. The Labute approximate surface area is 279 Å². The minimum absolute atomic E-state index is 0.0794. The molecule has 2 aliphatic heterocycles. The number of carbonyl (C=O) groups excluding carboxylic acids is 2. The number of carbonyl (C=O) groups is 2. The van der Waals surface area contributed by atoms with Gasteiger partial charge in [0.15, 0.2) is 11.6 Å². The van der Waals surface area contributed by atoms with Gasteiger partial charge in [0.25, 0.3) is 11.8 Å². The van der Waals surface area contributed by atoms with Crippen LogP contribution in [0.1, 0.15) is 56.5 Å². The van der Waals surface area contributed by atoms with E-state index in [1.165, 1.54) is 0 Å². The molecule has 4 heterocycles. The van der Waals surface area contributed by atoms with Crippen LogP contribution in [0, 0.1) is 6.92 Å². The van der Waals surface area contributed by atoms with Crippen LogP contribution in [-0.2, 0) is 40.0 Å². The number of aliphatic hydroxyl groups is 2. The number of hydrogen-bond acceptors (Lipinski definition) is 8. The lowest BCUT2D eigenvalue weighted by molar-refractivity contribution is 0.100. The number of nitrogens with zero attached hydrogens (tertiary/aromatic N) is 6. The molecule has 2 amide bonds. The molecule has 2 aliphatic rings. The molecule has 4 N–H and O–H groups in total. The number of nitrogens with one attached hydrogen (secondary N) is 2. The van der Waals surface area contributed by atoms with Gasteiger partial charge in [0, 0.05) is 88.8 Å². The second kappa shape index (κ2) is 13.6. The van der Waals surface area contributed by atoms with Crippen LogP contribution in [0.5, 0.6) is 0 Å². The molecule has 2 aromatic carbocycles. The van der Waals surface area contributed by atoms with E-state index in [4.69, 9.17) is 11.6 Å². The predicted octanol–water partition coefficient (Wildman–Crippen LogP) is 3.38. The molecule has 0 spiro atoms. The Balaban J connectivity index is 1.20. The Morgan fingerprint density at radius 2 is 1.40 bits per heavy atom. The van der Waals surface area contributed by atoms with Gasteiger partial charge in [0.1, 0.15) is 0 Å². The number of imidazole rings is 2. The van der Waals surface area contributed by atoms with E-state index in [0.29, 0.717) is 59.8 Å². The lowest BCUT2D eigenvalue weighted by Gasteiger charge is -2.27. The Kier molecular flexibility index (Phi) is 9.49. The van der Waals surface area contributed by atoms with Gasteiger partial charge in [-0.3, -0.25) is 19.4 Å². The fourth-order valence-corrected chi connectivity index (χ4v) is 6.96. The second-order valence-electron chi connectivity index (χ2n) is 12.4. The summed E-state index contributed by atoms with van der Waals surface area (Å²) in [5.41, 5.74) is 7.17. The Morgan fingerprint density at radius 3 is 2.00 bits per heavy atom. The van der Waals surface area contributed by atoms with Gasteiger partial charge in [-0.1, -0.05) is 35.9 Å². The number of hydrogen-bond donors (Lipinski definition) is 4. The fraction of sp³-hybridized carbons (Fsp3) is 0.412. The van der Waals surface area contributed by atoms with Crippen molar-refractivity contribution in [2.75, 3.05) is 43.4 Å². The highest BCUT2D eigenvalue weighted by Crippen LogP contribution is 2.38. The maximum atomic E-state index is 13.5. The van der Waals surface area contributed by atoms with Gasteiger partial charge in [0.2, 0.25) is 0 Å². The summed E-state index contributed by atoms with van der Waals surface area (Å²) in [7, 11) is 3.70. The number of amides is 2. The smallest absolute Gasteiger partial charge is 0.291 e. The molecule has 248 valence electrons. The van der Waals surface area contributed by atoms with E-state index < -0.39 is 6.10 Å². The zero-order valence-corrected chi connectivity index (χ0v) is 27.9. The standard InChI is InChI=1S/C34H41ClN8O4/c1-20(45)17-43-14-12-29-27(19-43)37-31(41(29)4)33(46)38-24-9-5-7-22(21(24)2)23-8-6-10-25(30(23)35)39-34(47)32-36-26-18-42(15-16-44)13-11-28(26)40(32)3/h5-10,20,44-45H,11-19H2,1-4H3,(H,38,46)(H,39,47)/t20-/m0/s1.